The van der Waals surface area contributed by atoms with Crippen LogP contribution in [-0.2, 0) is 0 Å². The molecule has 0 aliphatic carbocycles. The molecule has 0 saturated carbocycles. The number of hydrogen-bond donors (Lipinski definition) is 5. The van der Waals surface area contributed by atoms with Crippen molar-refractivity contribution in [1.82, 2.24) is 10.3 Å². The molecule has 0 fully saturated rings. The van der Waals surface area contributed by atoms with E-state index in [0.29, 0.717) is 11.1 Å². The molecule has 0 saturated heterocycles. The number of benzene rings is 1. The van der Waals surface area contributed by atoms with Gasteiger partial charge in [-0.1, -0.05) is 23.2 Å². The Morgan fingerprint density at radius 2 is 1.96 bits per heavy atom. The second kappa shape index (κ2) is 6.48. The van der Waals surface area contributed by atoms with Crippen LogP contribution in [0.2, 0.25) is 10.0 Å². The van der Waals surface area contributed by atoms with Crippen molar-refractivity contribution in [2.24, 2.45) is 4.99 Å². The van der Waals surface area contributed by atoms with Crippen LogP contribution in [0.3, 0.4) is 0 Å². The topological polar surface area (TPSA) is 169 Å². The molecule has 130 valence electrons. The van der Waals surface area contributed by atoms with Crippen molar-refractivity contribution in [3.05, 3.63) is 38.9 Å². The van der Waals surface area contributed by atoms with Crippen molar-refractivity contribution in [2.45, 2.75) is 6.04 Å². The second-order valence-corrected chi connectivity index (χ2v) is 6.04. The number of nitrogen functional groups attached to an aromatic ring is 2. The molecular formula is C15H10Cl2N8O. The molecule has 0 amide bonds. The minimum Gasteiger partial charge on any atom is -0.506 e. The van der Waals surface area contributed by atoms with Gasteiger partial charge in [-0.15, -0.1) is 0 Å². The maximum absolute atomic E-state index is 9.94. The molecule has 1 aromatic carbocycles. The van der Waals surface area contributed by atoms with Gasteiger partial charge in [0.15, 0.2) is 6.19 Å². The highest BCUT2D eigenvalue weighted by atomic mass is 35.5. The van der Waals surface area contributed by atoms with Gasteiger partial charge < -0.3 is 21.9 Å². The highest BCUT2D eigenvalue weighted by Gasteiger charge is 2.31. The number of aliphatic imine (C=N–C) groups is 1. The van der Waals surface area contributed by atoms with Gasteiger partial charge in [-0.3, -0.25) is 5.32 Å². The van der Waals surface area contributed by atoms with Crippen LogP contribution in [-0.4, -0.2) is 16.1 Å². The van der Waals surface area contributed by atoms with Crippen molar-refractivity contribution in [1.29, 1.82) is 10.5 Å². The Morgan fingerprint density at radius 3 is 2.62 bits per heavy atom. The van der Waals surface area contributed by atoms with E-state index in [0.717, 1.165) is 0 Å². The number of aromatic nitrogens is 1. The molecule has 1 atom stereocenters. The first-order valence-electron chi connectivity index (χ1n) is 7.04. The zero-order valence-corrected chi connectivity index (χ0v) is 14.4. The number of nitrogens with one attached hydrogen (secondary N) is 2. The normalized spacial score (nSPS) is 15.1. The molecular weight excluding hydrogens is 379 g/mol. The van der Waals surface area contributed by atoms with E-state index in [1.165, 1.54) is 12.1 Å². The Hall–Kier alpha value is -3.40. The summed E-state index contributed by atoms with van der Waals surface area (Å²) in [6.07, 6.45) is 1.74. The molecule has 9 nitrogen and oxygen atoms in total. The number of pyridine rings is 1. The summed E-state index contributed by atoms with van der Waals surface area (Å²) < 4.78 is 0. The largest absolute Gasteiger partial charge is 0.506 e. The Morgan fingerprint density at radius 1 is 1.23 bits per heavy atom. The number of phenols is 1. The molecule has 2 heterocycles. The average molecular weight is 389 g/mol. The Kier molecular flexibility index (Phi) is 4.34. The van der Waals surface area contributed by atoms with E-state index in [4.69, 9.17) is 39.9 Å². The summed E-state index contributed by atoms with van der Waals surface area (Å²) >= 11 is 12.1. The molecule has 0 radical (unpaired) electrons. The number of nitrogens with two attached hydrogens (primary N) is 2. The lowest BCUT2D eigenvalue weighted by Gasteiger charge is -2.26. The summed E-state index contributed by atoms with van der Waals surface area (Å²) in [5, 5.41) is 33.5. The van der Waals surface area contributed by atoms with Gasteiger partial charge in [0.1, 0.15) is 35.1 Å². The van der Waals surface area contributed by atoms with Gasteiger partial charge >= 0.3 is 0 Å². The zero-order valence-electron chi connectivity index (χ0n) is 12.9. The van der Waals surface area contributed by atoms with E-state index in [2.05, 4.69) is 20.6 Å². The number of nitriles is 2. The number of fused-ring (bicyclic) bond motifs is 1. The first-order valence-corrected chi connectivity index (χ1v) is 7.79. The summed E-state index contributed by atoms with van der Waals surface area (Å²) in [4.78, 5) is 8.47. The average Bonchev–Trinajstić information content (AvgIpc) is 2.58. The number of halogens is 2. The molecule has 1 unspecified atom stereocenters. The van der Waals surface area contributed by atoms with Gasteiger partial charge in [-0.2, -0.15) is 10.5 Å². The van der Waals surface area contributed by atoms with Crippen molar-refractivity contribution >= 4 is 46.5 Å². The molecule has 7 N–H and O–H groups in total. The van der Waals surface area contributed by atoms with E-state index in [1.807, 2.05) is 6.07 Å². The van der Waals surface area contributed by atoms with Crippen molar-refractivity contribution < 1.29 is 5.11 Å². The number of hydrogen-bond acceptors (Lipinski definition) is 9. The van der Waals surface area contributed by atoms with Crippen LogP contribution < -0.4 is 22.1 Å². The lowest BCUT2D eigenvalue weighted by Crippen LogP contribution is -2.32. The fourth-order valence-corrected chi connectivity index (χ4v) is 3.06. The van der Waals surface area contributed by atoms with E-state index in [9.17, 15) is 10.4 Å². The zero-order chi connectivity index (χ0) is 19.0. The van der Waals surface area contributed by atoms with Crippen LogP contribution in [0.1, 0.15) is 22.7 Å². The standard InChI is InChI=1S/C15H10Cl2N8O/c16-7-2-8(17)9(26)1-5(7)12-10-11(20)6(3-18)13(21)24-14(10)25-15(23-12)22-4-19/h1-2,12,26H,(H6,20,21,22,23,24,25). The Labute approximate surface area is 157 Å². The summed E-state index contributed by atoms with van der Waals surface area (Å²) in [6.45, 7) is 0. The fourth-order valence-electron chi connectivity index (χ4n) is 2.57. The van der Waals surface area contributed by atoms with E-state index < -0.39 is 6.04 Å². The number of anilines is 3. The Bertz CT molecular complexity index is 1040. The van der Waals surface area contributed by atoms with Crippen LogP contribution in [0.5, 0.6) is 5.75 Å². The van der Waals surface area contributed by atoms with E-state index in [1.54, 1.807) is 6.19 Å². The molecule has 1 aliphatic rings. The van der Waals surface area contributed by atoms with Crippen LogP contribution in [0.25, 0.3) is 0 Å². The number of rotatable bonds is 1. The number of phenolic OH excluding ortho intramolecular Hbond substituents is 1. The van der Waals surface area contributed by atoms with Gasteiger partial charge in [0, 0.05) is 16.1 Å². The number of aromatic hydroxyl groups is 1. The SMILES string of the molecule is N#CNC1=NC(c2cc(O)c(Cl)cc2Cl)c2c(nc(N)c(C#N)c2N)N1. The quantitative estimate of drug-likeness (QED) is 0.365. The summed E-state index contributed by atoms with van der Waals surface area (Å²) in [5.41, 5.74) is 12.6. The fraction of sp³-hybridized carbons (Fsp3) is 0.0667. The lowest BCUT2D eigenvalue weighted by atomic mass is 9.95. The lowest BCUT2D eigenvalue weighted by molar-refractivity contribution is 0.474. The highest BCUT2D eigenvalue weighted by molar-refractivity contribution is 6.36. The van der Waals surface area contributed by atoms with Gasteiger partial charge in [0.05, 0.1) is 10.7 Å². The summed E-state index contributed by atoms with van der Waals surface area (Å²) in [7, 11) is 0. The second-order valence-electron chi connectivity index (χ2n) is 5.23. The third-order valence-corrected chi connectivity index (χ3v) is 4.35. The van der Waals surface area contributed by atoms with Crippen LogP contribution in [0.4, 0.5) is 17.3 Å². The van der Waals surface area contributed by atoms with Crippen molar-refractivity contribution in [3.8, 4) is 18.0 Å². The van der Waals surface area contributed by atoms with E-state index in [-0.39, 0.29) is 44.6 Å². The maximum Gasteiger partial charge on any atom is 0.211 e. The third-order valence-electron chi connectivity index (χ3n) is 3.72. The molecule has 11 heteroatoms. The van der Waals surface area contributed by atoms with Crippen molar-refractivity contribution in [2.75, 3.05) is 16.8 Å². The molecule has 1 aromatic heterocycles. The predicted molar refractivity (Wildman–Crippen MR) is 97.6 cm³/mol. The van der Waals surface area contributed by atoms with Gasteiger partial charge in [0.25, 0.3) is 0 Å². The molecule has 3 rings (SSSR count). The summed E-state index contributed by atoms with van der Waals surface area (Å²) in [6, 6.07) is 3.72. The van der Waals surface area contributed by atoms with Crippen LogP contribution in [0.15, 0.2) is 17.1 Å². The number of nitrogens with zero attached hydrogens (tertiary/aromatic N) is 4. The number of guanidine groups is 1. The van der Waals surface area contributed by atoms with Gasteiger partial charge in [0.2, 0.25) is 5.96 Å². The van der Waals surface area contributed by atoms with Gasteiger partial charge in [-0.05, 0) is 12.1 Å². The van der Waals surface area contributed by atoms with E-state index >= 15 is 0 Å². The third kappa shape index (κ3) is 2.75. The molecule has 26 heavy (non-hydrogen) atoms. The monoisotopic (exact) mass is 388 g/mol. The first kappa shape index (κ1) is 17.4. The molecule has 0 spiro atoms. The maximum atomic E-state index is 9.94. The Balaban J connectivity index is 2.30. The smallest absolute Gasteiger partial charge is 0.211 e. The molecule has 0 bridgehead atoms. The van der Waals surface area contributed by atoms with Crippen LogP contribution in [0, 0.1) is 22.8 Å². The molecule has 2 aromatic rings. The van der Waals surface area contributed by atoms with Gasteiger partial charge in [-0.25, -0.2) is 9.98 Å². The predicted octanol–water partition coefficient (Wildman–Crippen LogP) is 2.07. The summed E-state index contributed by atoms with van der Waals surface area (Å²) in [5.74, 6) is 0.00523. The highest BCUT2D eigenvalue weighted by Crippen LogP contribution is 2.44. The minimum atomic E-state index is -0.863. The van der Waals surface area contributed by atoms with Crippen LogP contribution >= 0.6 is 23.2 Å². The first-order chi connectivity index (χ1) is 12.4. The minimum absolute atomic E-state index is 0.00301. The van der Waals surface area contributed by atoms with Crippen molar-refractivity contribution in [3.63, 3.8) is 0 Å². The molecule has 1 aliphatic heterocycles.